The summed E-state index contributed by atoms with van der Waals surface area (Å²) in [5.74, 6) is 0.691. The normalized spacial score (nSPS) is 20.7. The number of aryl methyl sites for hydroxylation is 1. The van der Waals surface area contributed by atoms with Gasteiger partial charge in [0, 0.05) is 23.8 Å². The summed E-state index contributed by atoms with van der Waals surface area (Å²) in [6, 6.07) is 5.23. The van der Waals surface area contributed by atoms with Gasteiger partial charge in [0.05, 0.1) is 35.8 Å². The molecule has 1 amide bonds. The highest BCUT2D eigenvalue weighted by Crippen LogP contribution is 2.38. The zero-order valence-corrected chi connectivity index (χ0v) is 15.1. The first-order chi connectivity index (χ1) is 12.5. The topological polar surface area (TPSA) is 95.8 Å². The summed E-state index contributed by atoms with van der Waals surface area (Å²) in [5, 5.41) is 17.5. The van der Waals surface area contributed by atoms with Gasteiger partial charge in [-0.25, -0.2) is 4.98 Å². The first kappa shape index (κ1) is 17.1. The maximum Gasteiger partial charge on any atom is 0.228 e. The highest BCUT2D eigenvalue weighted by Gasteiger charge is 2.36. The second-order valence-corrected chi connectivity index (χ2v) is 7.34. The maximum atomic E-state index is 12.6. The Hall–Kier alpha value is -2.38. The number of imidazole rings is 1. The van der Waals surface area contributed by atoms with Crippen molar-refractivity contribution in [3.8, 4) is 0 Å². The van der Waals surface area contributed by atoms with Crippen LogP contribution in [0.25, 0.3) is 11.0 Å². The molecule has 136 valence electrons. The van der Waals surface area contributed by atoms with E-state index in [1.54, 1.807) is 23.0 Å². The predicted octanol–water partition coefficient (Wildman–Crippen LogP) is 2.12. The lowest BCUT2D eigenvalue weighted by atomic mass is 9.75. The number of aliphatic hydroxyl groups is 1. The van der Waals surface area contributed by atoms with Crippen LogP contribution in [0.5, 0.6) is 0 Å². The first-order valence-corrected chi connectivity index (χ1v) is 8.96. The molecular weight excluding hydrogens is 354 g/mol. The van der Waals surface area contributed by atoms with Gasteiger partial charge in [-0.1, -0.05) is 11.6 Å². The lowest BCUT2D eigenvalue weighted by Gasteiger charge is -2.37. The highest BCUT2D eigenvalue weighted by molar-refractivity contribution is 6.31. The van der Waals surface area contributed by atoms with E-state index >= 15 is 0 Å². The fourth-order valence-electron chi connectivity index (χ4n) is 3.47. The second kappa shape index (κ2) is 6.74. The van der Waals surface area contributed by atoms with E-state index in [4.69, 9.17) is 11.6 Å². The number of amides is 1. The van der Waals surface area contributed by atoms with Crippen LogP contribution in [-0.4, -0.2) is 36.9 Å². The predicted molar refractivity (Wildman–Crippen MR) is 97.6 cm³/mol. The van der Waals surface area contributed by atoms with Gasteiger partial charge in [-0.15, -0.1) is 0 Å². The lowest BCUT2D eigenvalue weighted by Crippen LogP contribution is -2.41. The van der Waals surface area contributed by atoms with Crippen LogP contribution in [0.3, 0.4) is 0 Å². The third-order valence-electron chi connectivity index (χ3n) is 4.84. The number of carbonyl (C=O) groups excluding carboxylic acids is 1. The van der Waals surface area contributed by atoms with Gasteiger partial charge < -0.3 is 15.4 Å². The molecular formula is C18H20ClN5O2. The summed E-state index contributed by atoms with van der Waals surface area (Å²) in [6.45, 7) is 0. The second-order valence-electron chi connectivity index (χ2n) is 6.90. The molecule has 3 aromatic rings. The van der Waals surface area contributed by atoms with E-state index in [0.29, 0.717) is 23.7 Å². The smallest absolute Gasteiger partial charge is 0.228 e. The zero-order valence-electron chi connectivity index (χ0n) is 14.3. The van der Waals surface area contributed by atoms with Gasteiger partial charge in [0.25, 0.3) is 0 Å². The molecule has 2 heterocycles. The van der Waals surface area contributed by atoms with Crippen molar-refractivity contribution in [1.29, 1.82) is 0 Å². The fourth-order valence-corrected chi connectivity index (χ4v) is 3.64. The molecule has 4 rings (SSSR count). The van der Waals surface area contributed by atoms with Crippen molar-refractivity contribution >= 4 is 28.5 Å². The van der Waals surface area contributed by atoms with Crippen LogP contribution in [0.1, 0.15) is 30.3 Å². The van der Waals surface area contributed by atoms with Gasteiger partial charge in [0.1, 0.15) is 5.82 Å². The first-order valence-electron chi connectivity index (χ1n) is 8.58. The maximum absolute atomic E-state index is 12.6. The van der Waals surface area contributed by atoms with Crippen LogP contribution >= 0.6 is 11.6 Å². The van der Waals surface area contributed by atoms with Crippen LogP contribution in [0, 0.1) is 5.92 Å². The molecule has 1 atom stereocenters. The Bertz CT molecular complexity index is 944. The summed E-state index contributed by atoms with van der Waals surface area (Å²) in [7, 11) is 1.84. The zero-order chi connectivity index (χ0) is 18.3. The molecule has 1 aromatic carbocycles. The van der Waals surface area contributed by atoms with Crippen molar-refractivity contribution in [2.45, 2.75) is 31.4 Å². The van der Waals surface area contributed by atoms with Gasteiger partial charge >= 0.3 is 0 Å². The number of nitrogens with zero attached hydrogens (tertiary/aromatic N) is 3. The number of carbonyl (C=O) groups is 1. The molecule has 0 unspecified atom stereocenters. The molecule has 0 saturated heterocycles. The molecule has 0 spiro atoms. The van der Waals surface area contributed by atoms with Crippen LogP contribution < -0.4 is 5.32 Å². The van der Waals surface area contributed by atoms with E-state index in [1.165, 1.54) is 0 Å². The number of hydrogen-bond acceptors (Lipinski definition) is 4. The Kier molecular flexibility index (Phi) is 4.42. The van der Waals surface area contributed by atoms with Crippen molar-refractivity contribution in [3.05, 3.63) is 47.0 Å². The Balaban J connectivity index is 1.48. The van der Waals surface area contributed by atoms with Crippen LogP contribution in [-0.2, 0) is 18.3 Å². The number of rotatable bonds is 5. The van der Waals surface area contributed by atoms with E-state index in [9.17, 15) is 9.90 Å². The number of aliphatic hydroxyl groups excluding tert-OH is 1. The summed E-state index contributed by atoms with van der Waals surface area (Å²) >= 11 is 5.99. The summed E-state index contributed by atoms with van der Waals surface area (Å²) in [4.78, 5) is 20.2. The third-order valence-corrected chi connectivity index (χ3v) is 5.08. The van der Waals surface area contributed by atoms with E-state index in [0.717, 1.165) is 16.6 Å². The quantitative estimate of drug-likeness (QED) is 0.638. The number of aromatic amines is 1. The molecule has 26 heavy (non-hydrogen) atoms. The minimum absolute atomic E-state index is 0.120. The SMILES string of the molecule is Cn1cc([C@@H](NC(=O)Cc2nc3ccc(Cl)cc3[nH]2)C2CC(O)C2)cn1. The highest BCUT2D eigenvalue weighted by atomic mass is 35.5. The average Bonchev–Trinajstić information content (AvgIpc) is 3.15. The van der Waals surface area contributed by atoms with Gasteiger partial charge in [-0.2, -0.15) is 5.10 Å². The number of fused-ring (bicyclic) bond motifs is 1. The molecule has 0 bridgehead atoms. The van der Waals surface area contributed by atoms with Gasteiger partial charge in [0.2, 0.25) is 5.91 Å². The largest absolute Gasteiger partial charge is 0.393 e. The molecule has 7 nitrogen and oxygen atoms in total. The number of aromatic nitrogens is 4. The molecule has 3 N–H and O–H groups in total. The third kappa shape index (κ3) is 3.45. The lowest BCUT2D eigenvalue weighted by molar-refractivity contribution is -0.122. The Morgan fingerprint density at radius 2 is 2.31 bits per heavy atom. The Morgan fingerprint density at radius 3 is 3.00 bits per heavy atom. The van der Waals surface area contributed by atoms with E-state index < -0.39 is 0 Å². The van der Waals surface area contributed by atoms with Gasteiger partial charge in [-0.3, -0.25) is 9.48 Å². The molecule has 0 aliphatic heterocycles. The number of H-pyrrole nitrogens is 1. The Labute approximate surface area is 155 Å². The van der Waals surface area contributed by atoms with Crippen LogP contribution in [0.4, 0.5) is 0 Å². The van der Waals surface area contributed by atoms with Crippen molar-refractivity contribution in [2.75, 3.05) is 0 Å². The number of nitrogens with one attached hydrogen (secondary N) is 2. The summed E-state index contributed by atoms with van der Waals surface area (Å²) in [5.41, 5.74) is 2.54. The standard InChI is InChI=1S/C18H20ClN5O2/c1-24-9-11(8-20-24)18(10-4-13(25)5-10)23-17(26)7-16-21-14-3-2-12(19)6-15(14)22-16/h2-3,6,8-10,13,18,25H,4-5,7H2,1H3,(H,21,22)(H,23,26)/t10?,13?,18-/m0/s1. The van der Waals surface area contributed by atoms with E-state index in [-0.39, 0.29) is 30.4 Å². The van der Waals surface area contributed by atoms with E-state index in [1.807, 2.05) is 19.3 Å². The Morgan fingerprint density at radius 1 is 1.50 bits per heavy atom. The molecule has 1 aliphatic carbocycles. The molecule has 1 fully saturated rings. The summed E-state index contributed by atoms with van der Waals surface area (Å²) in [6.07, 6.45) is 4.90. The molecule has 1 aliphatic rings. The fraction of sp³-hybridized carbons (Fsp3) is 0.389. The molecule has 2 aromatic heterocycles. The van der Waals surface area contributed by atoms with Crippen molar-refractivity contribution in [2.24, 2.45) is 13.0 Å². The van der Waals surface area contributed by atoms with Gasteiger partial charge in [-0.05, 0) is 37.0 Å². The average molecular weight is 374 g/mol. The number of halogens is 1. The minimum atomic E-state index is -0.281. The van der Waals surface area contributed by atoms with Crippen molar-refractivity contribution in [3.63, 3.8) is 0 Å². The van der Waals surface area contributed by atoms with Crippen LogP contribution in [0.2, 0.25) is 5.02 Å². The summed E-state index contributed by atoms with van der Waals surface area (Å²) < 4.78 is 1.71. The van der Waals surface area contributed by atoms with Crippen molar-refractivity contribution < 1.29 is 9.90 Å². The van der Waals surface area contributed by atoms with E-state index in [2.05, 4.69) is 20.4 Å². The minimum Gasteiger partial charge on any atom is -0.393 e. The molecule has 8 heteroatoms. The number of hydrogen-bond donors (Lipinski definition) is 3. The number of benzene rings is 1. The monoisotopic (exact) mass is 373 g/mol. The molecule has 1 saturated carbocycles. The van der Waals surface area contributed by atoms with Crippen LogP contribution in [0.15, 0.2) is 30.6 Å². The molecule has 0 radical (unpaired) electrons. The van der Waals surface area contributed by atoms with Gasteiger partial charge in [0.15, 0.2) is 0 Å². The van der Waals surface area contributed by atoms with Crippen molar-refractivity contribution in [1.82, 2.24) is 25.1 Å².